The lowest BCUT2D eigenvalue weighted by atomic mass is 9.97. The number of hydrogen-bond acceptors (Lipinski definition) is 3. The summed E-state index contributed by atoms with van der Waals surface area (Å²) in [4.78, 5) is 29.5. The second kappa shape index (κ2) is 12.4. The van der Waals surface area contributed by atoms with Crippen molar-refractivity contribution >= 4 is 34.0 Å². The zero-order chi connectivity index (χ0) is 31.5. The Bertz CT molecular complexity index is 1580. The Morgan fingerprint density at radius 1 is 0.744 bits per heavy atom. The molecule has 0 heterocycles. The highest BCUT2D eigenvalue weighted by molar-refractivity contribution is 5.96. The van der Waals surface area contributed by atoms with Gasteiger partial charge in [0.25, 0.3) is 5.91 Å². The third-order valence-corrected chi connectivity index (χ3v) is 7.08. The molecule has 1 N–H and O–H groups in total. The molecule has 0 aromatic heterocycles. The van der Waals surface area contributed by atoms with Crippen molar-refractivity contribution in [1.82, 2.24) is 4.90 Å². The number of carbonyl (C=O) groups excluding carboxylic acids is 2. The molecular formula is C32H29F6N3O2. The number of nitrogens with zero attached hydrogens (tertiary/aromatic N) is 2. The fourth-order valence-electron chi connectivity index (χ4n) is 4.70. The van der Waals surface area contributed by atoms with Crippen molar-refractivity contribution in [2.45, 2.75) is 31.2 Å². The molecule has 1 atom stereocenters. The lowest BCUT2D eigenvalue weighted by molar-refractivity contribution is -0.143. The van der Waals surface area contributed by atoms with E-state index < -0.39 is 46.9 Å². The van der Waals surface area contributed by atoms with Gasteiger partial charge in [-0.1, -0.05) is 42.5 Å². The molecule has 0 radical (unpaired) electrons. The highest BCUT2D eigenvalue weighted by atomic mass is 19.4. The second-order valence-corrected chi connectivity index (χ2v) is 10.4. The van der Waals surface area contributed by atoms with Crippen LogP contribution in [0, 0.1) is 0 Å². The van der Waals surface area contributed by atoms with Crippen molar-refractivity contribution in [3.8, 4) is 0 Å². The zero-order valence-electron chi connectivity index (χ0n) is 23.6. The summed E-state index contributed by atoms with van der Waals surface area (Å²) in [5, 5.41) is 4.60. The molecule has 5 nitrogen and oxygen atoms in total. The lowest BCUT2D eigenvalue weighted by Crippen LogP contribution is -2.41. The molecule has 43 heavy (non-hydrogen) atoms. The van der Waals surface area contributed by atoms with Gasteiger partial charge in [0.05, 0.1) is 11.1 Å². The van der Waals surface area contributed by atoms with Crippen molar-refractivity contribution in [2.24, 2.45) is 0 Å². The Hall–Kier alpha value is -4.54. The number of amides is 2. The van der Waals surface area contributed by atoms with Crippen LogP contribution in [-0.2, 0) is 23.6 Å². The molecule has 4 rings (SSSR count). The van der Waals surface area contributed by atoms with E-state index >= 15 is 0 Å². The molecule has 0 bridgehead atoms. The van der Waals surface area contributed by atoms with E-state index in [-0.39, 0.29) is 18.9 Å². The van der Waals surface area contributed by atoms with Crippen molar-refractivity contribution in [2.75, 3.05) is 31.4 Å². The summed E-state index contributed by atoms with van der Waals surface area (Å²) in [7, 11) is 4.99. The quantitative estimate of drug-likeness (QED) is 0.211. The molecule has 0 aliphatic rings. The smallest absolute Gasteiger partial charge is 0.378 e. The van der Waals surface area contributed by atoms with Gasteiger partial charge in [0.15, 0.2) is 0 Å². The molecule has 0 saturated heterocycles. The van der Waals surface area contributed by atoms with E-state index in [2.05, 4.69) is 5.32 Å². The van der Waals surface area contributed by atoms with Gasteiger partial charge in [-0.25, -0.2) is 0 Å². The van der Waals surface area contributed by atoms with Gasteiger partial charge in [-0.3, -0.25) is 9.59 Å². The molecule has 0 saturated carbocycles. The Morgan fingerprint density at radius 2 is 1.33 bits per heavy atom. The van der Waals surface area contributed by atoms with Crippen LogP contribution < -0.4 is 10.2 Å². The van der Waals surface area contributed by atoms with Crippen LogP contribution in [0.1, 0.15) is 33.5 Å². The number of hydrogen-bond donors (Lipinski definition) is 1. The standard InChI is InChI=1S/C32H29F6N3O2/c1-40(2)27-12-10-26(11-13-27)39-29(42)19-28(15-20-8-9-21-6-4-5-7-22(21)14-20)41(3)30(43)23-16-24(31(33,34)35)18-25(17-23)32(36,37)38/h4-14,16-18,28H,15,19H2,1-3H3,(H,39,42). The van der Waals surface area contributed by atoms with Crippen LogP contribution in [0.5, 0.6) is 0 Å². The summed E-state index contributed by atoms with van der Waals surface area (Å²) < 4.78 is 80.8. The summed E-state index contributed by atoms with van der Waals surface area (Å²) in [5.74, 6) is -1.56. The number of fused-ring (bicyclic) bond motifs is 1. The zero-order valence-corrected chi connectivity index (χ0v) is 23.6. The molecule has 11 heteroatoms. The van der Waals surface area contributed by atoms with Crippen LogP contribution in [-0.4, -0.2) is 43.9 Å². The number of rotatable bonds is 8. The fraction of sp³-hybridized carbons (Fsp3) is 0.250. The van der Waals surface area contributed by atoms with Gasteiger partial charge >= 0.3 is 12.4 Å². The van der Waals surface area contributed by atoms with E-state index in [1.54, 1.807) is 30.3 Å². The number of nitrogens with one attached hydrogen (secondary N) is 1. The van der Waals surface area contributed by atoms with Crippen LogP contribution in [0.3, 0.4) is 0 Å². The Kier molecular flexibility index (Phi) is 9.03. The van der Waals surface area contributed by atoms with Crippen LogP contribution in [0.2, 0.25) is 0 Å². The van der Waals surface area contributed by atoms with E-state index in [0.29, 0.717) is 17.8 Å². The third-order valence-electron chi connectivity index (χ3n) is 7.08. The third kappa shape index (κ3) is 7.85. The maximum Gasteiger partial charge on any atom is 0.416 e. The van der Waals surface area contributed by atoms with E-state index in [1.807, 2.05) is 55.4 Å². The summed E-state index contributed by atoms with van der Waals surface area (Å²) in [6, 6.07) is 19.9. The first-order valence-electron chi connectivity index (χ1n) is 13.2. The molecule has 2 amide bonds. The van der Waals surface area contributed by atoms with Crippen LogP contribution in [0.15, 0.2) is 84.9 Å². The van der Waals surface area contributed by atoms with Crippen molar-refractivity contribution in [3.63, 3.8) is 0 Å². The highest BCUT2D eigenvalue weighted by Gasteiger charge is 2.38. The minimum absolute atomic E-state index is 0.0294. The van der Waals surface area contributed by atoms with E-state index in [4.69, 9.17) is 0 Å². The number of halogens is 6. The van der Waals surface area contributed by atoms with E-state index in [0.717, 1.165) is 26.9 Å². The van der Waals surface area contributed by atoms with Gasteiger partial charge in [-0.2, -0.15) is 26.3 Å². The molecule has 4 aromatic carbocycles. The number of benzene rings is 4. The Morgan fingerprint density at radius 3 is 1.88 bits per heavy atom. The largest absolute Gasteiger partial charge is 0.416 e. The predicted molar refractivity (Wildman–Crippen MR) is 154 cm³/mol. The molecule has 1 unspecified atom stereocenters. The maximum absolute atomic E-state index is 13.5. The normalized spacial score (nSPS) is 12.6. The maximum atomic E-state index is 13.5. The Labute approximate surface area is 244 Å². The first kappa shape index (κ1) is 31.4. The van der Waals surface area contributed by atoms with E-state index in [9.17, 15) is 35.9 Å². The number of likely N-dealkylation sites (N-methyl/N-ethyl adjacent to an activating group) is 1. The van der Waals surface area contributed by atoms with Gasteiger partial charge in [0.2, 0.25) is 5.91 Å². The molecular weight excluding hydrogens is 572 g/mol. The molecule has 0 aliphatic carbocycles. The minimum Gasteiger partial charge on any atom is -0.378 e. The van der Waals surface area contributed by atoms with Crippen molar-refractivity contribution in [3.05, 3.63) is 107 Å². The lowest BCUT2D eigenvalue weighted by Gasteiger charge is -2.29. The number of alkyl halides is 6. The van der Waals surface area contributed by atoms with Crippen LogP contribution in [0.4, 0.5) is 37.7 Å². The van der Waals surface area contributed by atoms with Crippen molar-refractivity contribution in [1.29, 1.82) is 0 Å². The average molecular weight is 602 g/mol. The van der Waals surface area contributed by atoms with Gasteiger partial charge in [-0.15, -0.1) is 0 Å². The molecule has 4 aromatic rings. The minimum atomic E-state index is -5.11. The molecule has 226 valence electrons. The monoisotopic (exact) mass is 601 g/mol. The number of carbonyl (C=O) groups is 2. The highest BCUT2D eigenvalue weighted by Crippen LogP contribution is 2.36. The molecule has 0 fully saturated rings. The predicted octanol–water partition coefficient (Wildman–Crippen LogP) is 7.66. The first-order valence-corrected chi connectivity index (χ1v) is 13.2. The topological polar surface area (TPSA) is 52.7 Å². The SMILES string of the molecule is CN(C)c1ccc(NC(=O)CC(Cc2ccc3ccccc3c2)N(C)C(=O)c2cc(C(F)(F)F)cc(C(F)(F)F)c2)cc1. The summed E-state index contributed by atoms with van der Waals surface area (Å²) in [5.41, 5.74) is -1.86. The summed E-state index contributed by atoms with van der Waals surface area (Å²) in [6.45, 7) is 0. The van der Waals surface area contributed by atoms with E-state index in [1.165, 1.54) is 7.05 Å². The fourth-order valence-corrected chi connectivity index (χ4v) is 4.70. The molecule has 0 spiro atoms. The summed E-state index contributed by atoms with van der Waals surface area (Å²) in [6.07, 6.45) is -10.4. The van der Waals surface area contributed by atoms with Crippen molar-refractivity contribution < 1.29 is 35.9 Å². The Balaban J connectivity index is 1.66. The van der Waals surface area contributed by atoms with Gasteiger partial charge < -0.3 is 15.1 Å². The first-order chi connectivity index (χ1) is 20.1. The van der Waals surface area contributed by atoms with Gasteiger partial charge in [0, 0.05) is 50.5 Å². The second-order valence-electron chi connectivity index (χ2n) is 10.4. The molecule has 0 aliphatic heterocycles. The van der Waals surface area contributed by atoms with Gasteiger partial charge in [-0.05, 0) is 65.2 Å². The van der Waals surface area contributed by atoms with Gasteiger partial charge in [0.1, 0.15) is 0 Å². The summed E-state index contributed by atoms with van der Waals surface area (Å²) >= 11 is 0. The average Bonchev–Trinajstić information content (AvgIpc) is 2.95. The van der Waals surface area contributed by atoms with Crippen LogP contribution in [0.25, 0.3) is 10.8 Å². The van der Waals surface area contributed by atoms with Crippen LogP contribution >= 0.6 is 0 Å². The number of anilines is 2.